The first kappa shape index (κ1) is 15.8. The molecule has 0 aromatic heterocycles. The summed E-state index contributed by atoms with van der Waals surface area (Å²) in [7, 11) is 1.90. The molecule has 0 radical (unpaired) electrons. The molecule has 1 N–H and O–H groups in total. The second-order valence-electron chi connectivity index (χ2n) is 6.19. The predicted molar refractivity (Wildman–Crippen MR) is 94.6 cm³/mol. The van der Waals surface area contributed by atoms with Gasteiger partial charge in [-0.15, -0.1) is 0 Å². The van der Waals surface area contributed by atoms with Crippen molar-refractivity contribution in [2.24, 2.45) is 0 Å². The zero-order chi connectivity index (χ0) is 16.2. The van der Waals surface area contributed by atoms with Gasteiger partial charge in [-0.2, -0.15) is 0 Å². The van der Waals surface area contributed by atoms with Crippen molar-refractivity contribution in [3.63, 3.8) is 0 Å². The lowest BCUT2D eigenvalue weighted by Gasteiger charge is -2.23. The van der Waals surface area contributed by atoms with Gasteiger partial charge in [-0.1, -0.05) is 43.3 Å². The van der Waals surface area contributed by atoms with Crippen molar-refractivity contribution in [2.75, 3.05) is 20.1 Å². The molecule has 1 heterocycles. The lowest BCUT2D eigenvalue weighted by atomic mass is 10.0. The van der Waals surface area contributed by atoms with Crippen LogP contribution in [0.4, 0.5) is 0 Å². The molecular formula is C20H24N2O. The van der Waals surface area contributed by atoms with E-state index in [0.29, 0.717) is 6.04 Å². The lowest BCUT2D eigenvalue weighted by Crippen LogP contribution is -2.38. The van der Waals surface area contributed by atoms with E-state index >= 15 is 0 Å². The van der Waals surface area contributed by atoms with Gasteiger partial charge in [0.2, 0.25) is 0 Å². The van der Waals surface area contributed by atoms with Gasteiger partial charge in [-0.3, -0.25) is 4.79 Å². The fourth-order valence-electron chi connectivity index (χ4n) is 3.08. The van der Waals surface area contributed by atoms with E-state index in [1.807, 2.05) is 36.2 Å². The summed E-state index contributed by atoms with van der Waals surface area (Å²) in [4.78, 5) is 14.4. The minimum atomic E-state index is 0.103. The second-order valence-corrected chi connectivity index (χ2v) is 6.19. The molecule has 0 unspecified atom stereocenters. The van der Waals surface area contributed by atoms with Crippen molar-refractivity contribution in [1.82, 2.24) is 10.2 Å². The summed E-state index contributed by atoms with van der Waals surface area (Å²) in [5.41, 5.74) is 4.43. The molecule has 3 rings (SSSR count). The van der Waals surface area contributed by atoms with E-state index in [0.717, 1.165) is 37.1 Å². The van der Waals surface area contributed by atoms with Crippen molar-refractivity contribution in [3.8, 4) is 11.1 Å². The summed E-state index contributed by atoms with van der Waals surface area (Å²) in [6, 6.07) is 16.9. The molecule has 23 heavy (non-hydrogen) atoms. The minimum absolute atomic E-state index is 0.103. The topological polar surface area (TPSA) is 32.3 Å². The Hall–Kier alpha value is -2.13. The Morgan fingerprint density at radius 1 is 1.09 bits per heavy atom. The number of benzene rings is 2. The van der Waals surface area contributed by atoms with Crippen LogP contribution in [0.15, 0.2) is 48.5 Å². The van der Waals surface area contributed by atoms with Crippen molar-refractivity contribution in [2.45, 2.75) is 25.8 Å². The largest absolute Gasteiger partial charge is 0.337 e. The monoisotopic (exact) mass is 308 g/mol. The Kier molecular flexibility index (Phi) is 4.77. The predicted octanol–water partition coefficient (Wildman–Crippen LogP) is 3.35. The molecule has 120 valence electrons. The fraction of sp³-hybridized carbons (Fsp3) is 0.350. The highest BCUT2D eigenvalue weighted by Gasteiger charge is 2.23. The highest BCUT2D eigenvalue weighted by Crippen LogP contribution is 2.21. The molecule has 3 nitrogen and oxygen atoms in total. The van der Waals surface area contributed by atoms with Gasteiger partial charge in [0.15, 0.2) is 0 Å². The number of carbonyl (C=O) groups is 1. The van der Waals surface area contributed by atoms with Crippen LogP contribution in [0.2, 0.25) is 0 Å². The van der Waals surface area contributed by atoms with E-state index in [9.17, 15) is 4.79 Å². The van der Waals surface area contributed by atoms with Crippen LogP contribution in [0.3, 0.4) is 0 Å². The number of nitrogens with one attached hydrogen (secondary N) is 1. The first-order chi connectivity index (χ1) is 11.2. The summed E-state index contributed by atoms with van der Waals surface area (Å²) in [6.45, 7) is 4.05. The Balaban J connectivity index is 1.74. The second kappa shape index (κ2) is 6.97. The highest BCUT2D eigenvalue weighted by atomic mass is 16.2. The quantitative estimate of drug-likeness (QED) is 0.939. The summed E-state index contributed by atoms with van der Waals surface area (Å²) < 4.78 is 0. The first-order valence-electron chi connectivity index (χ1n) is 8.36. The van der Waals surface area contributed by atoms with E-state index in [1.165, 1.54) is 11.1 Å². The van der Waals surface area contributed by atoms with E-state index in [4.69, 9.17) is 0 Å². The molecule has 0 spiro atoms. The fourth-order valence-corrected chi connectivity index (χ4v) is 3.08. The molecule has 1 fully saturated rings. The Labute approximate surface area is 138 Å². The maximum Gasteiger partial charge on any atom is 0.253 e. The summed E-state index contributed by atoms with van der Waals surface area (Å²) in [5.74, 6) is 0.103. The summed E-state index contributed by atoms with van der Waals surface area (Å²) >= 11 is 0. The van der Waals surface area contributed by atoms with Gasteiger partial charge < -0.3 is 10.2 Å². The summed E-state index contributed by atoms with van der Waals surface area (Å²) in [5, 5.41) is 3.31. The van der Waals surface area contributed by atoms with Gasteiger partial charge in [0.25, 0.3) is 5.91 Å². The first-order valence-corrected chi connectivity index (χ1v) is 8.36. The number of hydrogen-bond acceptors (Lipinski definition) is 2. The van der Waals surface area contributed by atoms with Gasteiger partial charge in [0, 0.05) is 25.2 Å². The van der Waals surface area contributed by atoms with Gasteiger partial charge >= 0.3 is 0 Å². The maximum absolute atomic E-state index is 12.6. The van der Waals surface area contributed by atoms with Gasteiger partial charge in [-0.25, -0.2) is 0 Å². The van der Waals surface area contributed by atoms with E-state index in [1.54, 1.807) is 0 Å². The number of amides is 1. The molecule has 0 aliphatic carbocycles. The molecular weight excluding hydrogens is 284 g/mol. The Morgan fingerprint density at radius 2 is 1.70 bits per heavy atom. The molecule has 1 atom stereocenters. The number of hydrogen-bond donors (Lipinski definition) is 1. The van der Waals surface area contributed by atoms with Crippen LogP contribution in [-0.4, -0.2) is 37.0 Å². The molecule has 2 aromatic rings. The van der Waals surface area contributed by atoms with Crippen LogP contribution in [0, 0.1) is 0 Å². The smallest absolute Gasteiger partial charge is 0.253 e. The third kappa shape index (κ3) is 3.45. The van der Waals surface area contributed by atoms with E-state index < -0.39 is 0 Å². The molecule has 0 bridgehead atoms. The average molecular weight is 308 g/mol. The number of carbonyl (C=O) groups excluding carboxylic acids is 1. The van der Waals surface area contributed by atoms with Gasteiger partial charge in [-0.05, 0) is 48.2 Å². The zero-order valence-electron chi connectivity index (χ0n) is 13.9. The Morgan fingerprint density at radius 3 is 2.22 bits per heavy atom. The number of likely N-dealkylation sites (N-methyl/N-ethyl adjacent to an activating group) is 1. The van der Waals surface area contributed by atoms with E-state index in [2.05, 4.69) is 36.5 Å². The van der Waals surface area contributed by atoms with E-state index in [-0.39, 0.29) is 5.91 Å². The maximum atomic E-state index is 12.6. The molecule has 3 heteroatoms. The normalized spacial score (nSPS) is 17.2. The average Bonchev–Trinajstić information content (AvgIpc) is 3.15. The van der Waals surface area contributed by atoms with Crippen molar-refractivity contribution in [1.29, 1.82) is 0 Å². The van der Waals surface area contributed by atoms with Crippen LogP contribution in [0.25, 0.3) is 11.1 Å². The number of rotatable bonds is 4. The van der Waals surface area contributed by atoms with Crippen LogP contribution in [-0.2, 0) is 6.42 Å². The van der Waals surface area contributed by atoms with Gasteiger partial charge in [0.1, 0.15) is 0 Å². The standard InChI is InChI=1S/C20H24N2O/c1-3-15-4-6-16(7-5-15)17-8-10-18(11-9-17)20(23)22(2)19-12-13-21-14-19/h4-11,19,21H,3,12-14H2,1-2H3/t19-/m0/s1. The van der Waals surface area contributed by atoms with Crippen molar-refractivity contribution < 1.29 is 4.79 Å². The lowest BCUT2D eigenvalue weighted by molar-refractivity contribution is 0.0744. The Bertz CT molecular complexity index is 655. The molecule has 1 aliphatic rings. The number of nitrogens with zero attached hydrogens (tertiary/aromatic N) is 1. The van der Waals surface area contributed by atoms with Crippen molar-refractivity contribution in [3.05, 3.63) is 59.7 Å². The third-order valence-corrected chi connectivity index (χ3v) is 4.73. The summed E-state index contributed by atoms with van der Waals surface area (Å²) in [6.07, 6.45) is 2.08. The molecule has 1 amide bonds. The van der Waals surface area contributed by atoms with Crippen LogP contribution < -0.4 is 5.32 Å². The molecule has 0 saturated carbocycles. The zero-order valence-corrected chi connectivity index (χ0v) is 13.9. The molecule has 1 aliphatic heterocycles. The highest BCUT2D eigenvalue weighted by molar-refractivity contribution is 5.94. The van der Waals surface area contributed by atoms with Crippen LogP contribution in [0.5, 0.6) is 0 Å². The molecule has 1 saturated heterocycles. The van der Waals surface area contributed by atoms with Crippen molar-refractivity contribution >= 4 is 5.91 Å². The minimum Gasteiger partial charge on any atom is -0.337 e. The van der Waals surface area contributed by atoms with Crippen LogP contribution in [0.1, 0.15) is 29.3 Å². The molecule has 2 aromatic carbocycles. The third-order valence-electron chi connectivity index (χ3n) is 4.73. The van der Waals surface area contributed by atoms with Crippen LogP contribution >= 0.6 is 0 Å². The van der Waals surface area contributed by atoms with Gasteiger partial charge in [0.05, 0.1) is 0 Å². The number of aryl methyl sites for hydroxylation is 1. The SMILES string of the molecule is CCc1ccc(-c2ccc(C(=O)N(C)[C@H]3CCNC3)cc2)cc1.